The molecule has 0 saturated carbocycles. The van der Waals surface area contributed by atoms with Gasteiger partial charge in [0.25, 0.3) is 8.32 Å². The van der Waals surface area contributed by atoms with Gasteiger partial charge in [0.05, 0.1) is 0 Å². The molecule has 5 nitrogen and oxygen atoms in total. The predicted molar refractivity (Wildman–Crippen MR) is 182 cm³/mol. The van der Waals surface area contributed by atoms with E-state index < -0.39 is 26.0 Å². The Kier molecular flexibility index (Phi) is 9.84. The highest BCUT2D eigenvalue weighted by atomic mass is 28.4. The number of hydrogen-bond donors (Lipinski definition) is 3. The van der Waals surface area contributed by atoms with Gasteiger partial charge in [-0.2, -0.15) is 0 Å². The largest absolute Gasteiger partial charge is 0.407 e. The molecule has 0 heterocycles. The van der Waals surface area contributed by atoms with Crippen molar-refractivity contribution in [1.82, 2.24) is 0 Å². The first-order valence-corrected chi connectivity index (χ1v) is 17.3. The Morgan fingerprint density at radius 2 is 0.889 bits per heavy atom. The van der Waals surface area contributed by atoms with Gasteiger partial charge < -0.3 is 24.5 Å². The maximum absolute atomic E-state index is 11.6. The fourth-order valence-electron chi connectivity index (χ4n) is 6.26. The van der Waals surface area contributed by atoms with E-state index in [1.807, 2.05) is 127 Å². The van der Waals surface area contributed by atoms with Gasteiger partial charge in [-0.1, -0.05) is 172 Å². The van der Waals surface area contributed by atoms with Crippen molar-refractivity contribution in [1.29, 1.82) is 0 Å². The predicted octanol–water partition coefficient (Wildman–Crippen LogP) is 5.96. The van der Waals surface area contributed by atoms with E-state index in [0.717, 1.165) is 10.4 Å². The van der Waals surface area contributed by atoms with Crippen LogP contribution in [0.2, 0.25) is 5.04 Å². The van der Waals surface area contributed by atoms with Crippen molar-refractivity contribution in [3.05, 3.63) is 168 Å². The van der Waals surface area contributed by atoms with Gasteiger partial charge in [0, 0.05) is 13.0 Å². The van der Waals surface area contributed by atoms with Gasteiger partial charge in [-0.15, -0.1) is 0 Å². The molecule has 0 aromatic heterocycles. The van der Waals surface area contributed by atoms with Crippen molar-refractivity contribution in [3.63, 3.8) is 0 Å². The lowest BCUT2D eigenvalue weighted by Gasteiger charge is -2.44. The number of rotatable bonds is 12. The molecule has 6 heteroatoms. The SMILES string of the molecule is CC(C)(C)[Si](OCCC(O)C(O)(O)OC(c1ccccc1)(c1ccccc1)c1ccccc1)(c1ccccc1)c1ccccc1. The molecule has 0 amide bonds. The summed E-state index contributed by atoms with van der Waals surface area (Å²) in [5, 5.41) is 36.5. The fraction of sp³-hybridized carbons (Fsp3) is 0.231. The molecule has 0 aliphatic carbocycles. The molecule has 1 unspecified atom stereocenters. The molecule has 45 heavy (non-hydrogen) atoms. The van der Waals surface area contributed by atoms with E-state index in [1.165, 1.54) is 0 Å². The van der Waals surface area contributed by atoms with Gasteiger partial charge in [0.1, 0.15) is 11.7 Å². The highest BCUT2D eigenvalue weighted by Gasteiger charge is 2.51. The minimum Gasteiger partial charge on any atom is -0.407 e. The lowest BCUT2D eigenvalue weighted by Crippen LogP contribution is -2.66. The maximum atomic E-state index is 11.6. The van der Waals surface area contributed by atoms with Crippen molar-refractivity contribution >= 4 is 18.7 Å². The monoisotopic (exact) mass is 618 g/mol. The number of aliphatic hydroxyl groups is 3. The van der Waals surface area contributed by atoms with Crippen molar-refractivity contribution in [2.45, 2.75) is 49.9 Å². The van der Waals surface area contributed by atoms with Crippen LogP contribution in [0.5, 0.6) is 0 Å². The van der Waals surface area contributed by atoms with Crippen LogP contribution in [0.15, 0.2) is 152 Å². The average molecular weight is 619 g/mol. The minimum atomic E-state index is -2.93. The molecule has 0 spiro atoms. The second-order valence-electron chi connectivity index (χ2n) is 12.4. The molecule has 3 N–H and O–H groups in total. The standard InChI is InChI=1S/C39H42O5Si/c1-37(2,3)45(34-25-15-7-16-26-34,35-27-17-8-18-28-35)43-30-29-36(40)39(41,42)44-38(31-19-9-4-10-20-31,32-21-11-5-12-22-32)33-23-13-6-14-24-33/h4-28,36,40-42H,29-30H2,1-3H3. The molecule has 1 atom stereocenters. The number of hydrogen-bond acceptors (Lipinski definition) is 5. The summed E-state index contributed by atoms with van der Waals surface area (Å²) in [7, 11) is -2.90. The molecule has 0 aliphatic rings. The fourth-order valence-corrected chi connectivity index (χ4v) is 10.8. The van der Waals surface area contributed by atoms with Gasteiger partial charge in [0.15, 0.2) is 0 Å². The zero-order valence-corrected chi connectivity index (χ0v) is 27.1. The van der Waals surface area contributed by atoms with Gasteiger partial charge in [0.2, 0.25) is 0 Å². The summed E-state index contributed by atoms with van der Waals surface area (Å²) < 4.78 is 13.3. The van der Waals surface area contributed by atoms with Gasteiger partial charge >= 0.3 is 5.97 Å². The molecule has 232 valence electrons. The molecule has 0 saturated heterocycles. The number of benzene rings is 5. The molecular formula is C39H42O5Si. The summed E-state index contributed by atoms with van der Waals surface area (Å²) in [6.45, 7) is 6.61. The van der Waals surface area contributed by atoms with Crippen LogP contribution >= 0.6 is 0 Å². The zero-order valence-electron chi connectivity index (χ0n) is 26.1. The van der Waals surface area contributed by atoms with Crippen LogP contribution in [0.1, 0.15) is 43.9 Å². The van der Waals surface area contributed by atoms with Gasteiger partial charge in [-0.05, 0) is 32.1 Å². The van der Waals surface area contributed by atoms with E-state index in [4.69, 9.17) is 9.16 Å². The lowest BCUT2D eigenvalue weighted by molar-refractivity contribution is -0.401. The van der Waals surface area contributed by atoms with Crippen LogP contribution in [0.25, 0.3) is 0 Å². The highest BCUT2D eigenvalue weighted by molar-refractivity contribution is 6.99. The van der Waals surface area contributed by atoms with E-state index in [1.54, 1.807) is 0 Å². The Morgan fingerprint density at radius 1 is 0.556 bits per heavy atom. The van der Waals surface area contributed by atoms with Crippen LogP contribution in [-0.2, 0) is 14.8 Å². The molecule has 5 rings (SSSR count). The highest BCUT2D eigenvalue weighted by Crippen LogP contribution is 2.43. The van der Waals surface area contributed by atoms with Crippen LogP contribution in [0, 0.1) is 0 Å². The summed E-state index contributed by atoms with van der Waals surface area (Å²) in [5.74, 6) is -2.93. The van der Waals surface area contributed by atoms with Crippen molar-refractivity contribution in [2.24, 2.45) is 0 Å². The summed E-state index contributed by atoms with van der Waals surface area (Å²) in [6, 6.07) is 48.7. The average Bonchev–Trinajstić information content (AvgIpc) is 3.07. The molecule has 5 aromatic rings. The number of ether oxygens (including phenoxy) is 1. The smallest absolute Gasteiger partial charge is 0.307 e. The summed E-state index contributed by atoms with van der Waals surface area (Å²) in [6.07, 6.45) is -1.77. The van der Waals surface area contributed by atoms with E-state index in [-0.39, 0.29) is 18.1 Å². The zero-order chi connectivity index (χ0) is 32.0. The maximum Gasteiger partial charge on any atom is 0.307 e. The molecular weight excluding hydrogens is 577 g/mol. The summed E-state index contributed by atoms with van der Waals surface area (Å²) in [5.41, 5.74) is 0.620. The molecule has 0 radical (unpaired) electrons. The second kappa shape index (κ2) is 13.6. The van der Waals surface area contributed by atoms with Gasteiger partial charge in [-0.3, -0.25) is 0 Å². The topological polar surface area (TPSA) is 79.2 Å². The van der Waals surface area contributed by atoms with Crippen LogP contribution in [0.4, 0.5) is 0 Å². The minimum absolute atomic E-state index is 0.0774. The lowest BCUT2D eigenvalue weighted by atomic mass is 9.80. The van der Waals surface area contributed by atoms with Crippen molar-refractivity contribution < 1.29 is 24.5 Å². The first-order valence-electron chi connectivity index (χ1n) is 15.4. The Bertz CT molecular complexity index is 1470. The van der Waals surface area contributed by atoms with Crippen molar-refractivity contribution in [2.75, 3.05) is 6.61 Å². The third-order valence-corrected chi connectivity index (χ3v) is 13.4. The number of aliphatic hydroxyl groups excluding tert-OH is 1. The van der Waals surface area contributed by atoms with E-state index in [2.05, 4.69) is 45.0 Å². The summed E-state index contributed by atoms with van der Waals surface area (Å²) in [4.78, 5) is 0. The molecule has 0 bridgehead atoms. The Labute approximate surface area is 267 Å². The Balaban J connectivity index is 1.49. The Hall–Kier alpha value is -3.88. The third kappa shape index (κ3) is 6.58. The molecule has 5 aromatic carbocycles. The molecule has 0 aliphatic heterocycles. The third-order valence-electron chi connectivity index (χ3n) is 8.41. The van der Waals surface area contributed by atoms with Crippen LogP contribution in [0.3, 0.4) is 0 Å². The Morgan fingerprint density at radius 3 is 1.22 bits per heavy atom. The van der Waals surface area contributed by atoms with E-state index in [9.17, 15) is 15.3 Å². The second-order valence-corrected chi connectivity index (χ2v) is 16.7. The van der Waals surface area contributed by atoms with Crippen LogP contribution in [-0.4, -0.2) is 42.3 Å². The van der Waals surface area contributed by atoms with Gasteiger partial charge in [-0.25, -0.2) is 0 Å². The van der Waals surface area contributed by atoms with E-state index >= 15 is 0 Å². The van der Waals surface area contributed by atoms with Crippen molar-refractivity contribution in [3.8, 4) is 0 Å². The normalized spacial score (nSPS) is 13.4. The molecule has 0 fully saturated rings. The quantitative estimate of drug-likeness (QED) is 0.0914. The first-order chi connectivity index (χ1) is 21.6. The summed E-state index contributed by atoms with van der Waals surface area (Å²) >= 11 is 0. The first kappa shape index (κ1) is 32.5. The van der Waals surface area contributed by atoms with Crippen LogP contribution < -0.4 is 10.4 Å². The van der Waals surface area contributed by atoms with E-state index in [0.29, 0.717) is 16.7 Å².